The summed E-state index contributed by atoms with van der Waals surface area (Å²) in [6, 6.07) is -0.885. The summed E-state index contributed by atoms with van der Waals surface area (Å²) in [6.45, 7) is 5.33. The molecule has 1 aliphatic heterocycles. The Morgan fingerprint density at radius 3 is 2.75 bits per heavy atom. The molecule has 16 heavy (non-hydrogen) atoms. The van der Waals surface area contributed by atoms with Gasteiger partial charge in [0, 0.05) is 13.1 Å². The van der Waals surface area contributed by atoms with E-state index in [1.54, 1.807) is 0 Å². The van der Waals surface area contributed by atoms with Gasteiger partial charge in [-0.3, -0.25) is 0 Å². The molecule has 0 aromatic heterocycles. The lowest BCUT2D eigenvalue weighted by Gasteiger charge is -2.22. The Kier molecular flexibility index (Phi) is 4.58. The van der Waals surface area contributed by atoms with Crippen LogP contribution in [0.3, 0.4) is 0 Å². The van der Waals surface area contributed by atoms with Gasteiger partial charge in [0.1, 0.15) is 6.04 Å². The summed E-state index contributed by atoms with van der Waals surface area (Å²) in [5, 5.41) is 11.7. The number of hydrogen-bond donors (Lipinski definition) is 2. The molecular formula is C11H20N2O3. The molecule has 1 atom stereocenters. The van der Waals surface area contributed by atoms with Crippen molar-refractivity contribution in [3.05, 3.63) is 0 Å². The highest BCUT2D eigenvalue weighted by atomic mass is 16.4. The molecule has 1 saturated heterocycles. The number of rotatable bonds is 4. The van der Waals surface area contributed by atoms with Crippen LogP contribution in [-0.4, -0.2) is 41.1 Å². The van der Waals surface area contributed by atoms with Crippen molar-refractivity contribution in [2.24, 2.45) is 5.92 Å². The summed E-state index contributed by atoms with van der Waals surface area (Å²) >= 11 is 0. The second-order valence-electron chi connectivity index (χ2n) is 4.60. The minimum absolute atomic E-state index is 0.245. The molecule has 0 radical (unpaired) electrons. The molecule has 1 fully saturated rings. The van der Waals surface area contributed by atoms with Crippen LogP contribution in [0.2, 0.25) is 0 Å². The van der Waals surface area contributed by atoms with E-state index in [4.69, 9.17) is 5.11 Å². The molecule has 2 N–H and O–H groups in total. The average Bonchev–Trinajstić information content (AvgIpc) is 2.65. The van der Waals surface area contributed by atoms with Crippen molar-refractivity contribution in [1.29, 1.82) is 0 Å². The average molecular weight is 228 g/mol. The summed E-state index contributed by atoms with van der Waals surface area (Å²) in [5.41, 5.74) is 0. The van der Waals surface area contributed by atoms with E-state index in [2.05, 4.69) is 19.2 Å². The monoisotopic (exact) mass is 228 g/mol. The van der Waals surface area contributed by atoms with Crippen LogP contribution in [0.25, 0.3) is 0 Å². The highest BCUT2D eigenvalue weighted by molar-refractivity contribution is 5.83. The van der Waals surface area contributed by atoms with Gasteiger partial charge in [-0.25, -0.2) is 9.59 Å². The predicted octanol–water partition coefficient (Wildman–Crippen LogP) is 1.29. The van der Waals surface area contributed by atoms with E-state index in [0.717, 1.165) is 12.8 Å². The van der Waals surface area contributed by atoms with Crippen LogP contribution in [0.1, 0.15) is 33.1 Å². The summed E-state index contributed by atoms with van der Waals surface area (Å²) < 4.78 is 0. The quantitative estimate of drug-likeness (QED) is 0.761. The molecule has 1 heterocycles. The van der Waals surface area contributed by atoms with Gasteiger partial charge in [0.05, 0.1) is 0 Å². The first kappa shape index (κ1) is 12.8. The number of carbonyl (C=O) groups is 2. The van der Waals surface area contributed by atoms with Gasteiger partial charge in [-0.1, -0.05) is 13.8 Å². The van der Waals surface area contributed by atoms with E-state index in [1.807, 2.05) is 0 Å². The highest BCUT2D eigenvalue weighted by Crippen LogP contribution is 2.17. The second kappa shape index (κ2) is 5.72. The Balaban J connectivity index is 2.38. The maximum atomic E-state index is 11.7. The van der Waals surface area contributed by atoms with Gasteiger partial charge in [-0.15, -0.1) is 0 Å². The lowest BCUT2D eigenvalue weighted by Crippen LogP contribution is -2.46. The van der Waals surface area contributed by atoms with Crippen LogP contribution >= 0.6 is 0 Å². The predicted molar refractivity (Wildman–Crippen MR) is 60.2 cm³/mol. The first-order chi connectivity index (χ1) is 7.52. The molecule has 1 aliphatic rings. The van der Waals surface area contributed by atoms with Crippen LogP contribution in [-0.2, 0) is 4.79 Å². The third-order valence-corrected chi connectivity index (χ3v) is 2.80. The Morgan fingerprint density at radius 1 is 1.50 bits per heavy atom. The van der Waals surface area contributed by atoms with Gasteiger partial charge in [-0.05, 0) is 25.2 Å². The number of carboxylic acids is 1. The van der Waals surface area contributed by atoms with E-state index in [1.165, 1.54) is 4.90 Å². The van der Waals surface area contributed by atoms with E-state index < -0.39 is 12.0 Å². The molecule has 0 aromatic rings. The number of nitrogens with one attached hydrogen (secondary N) is 1. The van der Waals surface area contributed by atoms with E-state index in [9.17, 15) is 9.59 Å². The molecule has 1 rings (SSSR count). The maximum absolute atomic E-state index is 11.7. The number of likely N-dealkylation sites (tertiary alicyclic amines) is 1. The molecule has 0 unspecified atom stereocenters. The van der Waals surface area contributed by atoms with Crippen LogP contribution in [0, 0.1) is 5.92 Å². The highest BCUT2D eigenvalue weighted by Gasteiger charge is 2.33. The smallest absolute Gasteiger partial charge is 0.326 e. The van der Waals surface area contributed by atoms with Crippen molar-refractivity contribution in [1.82, 2.24) is 10.2 Å². The Hall–Kier alpha value is -1.26. The summed E-state index contributed by atoms with van der Waals surface area (Å²) in [7, 11) is 0. The number of amides is 2. The van der Waals surface area contributed by atoms with Crippen molar-refractivity contribution in [2.75, 3.05) is 13.1 Å². The fourth-order valence-electron chi connectivity index (χ4n) is 1.84. The lowest BCUT2D eigenvalue weighted by atomic mass is 10.1. The number of carbonyl (C=O) groups excluding carboxylic acids is 1. The topological polar surface area (TPSA) is 69.6 Å². The summed E-state index contributed by atoms with van der Waals surface area (Å²) in [6.07, 6.45) is 2.25. The second-order valence-corrected chi connectivity index (χ2v) is 4.60. The lowest BCUT2D eigenvalue weighted by molar-refractivity contribution is -0.141. The number of aliphatic carboxylic acids is 1. The molecule has 2 amide bonds. The van der Waals surface area contributed by atoms with Crippen LogP contribution in [0.15, 0.2) is 0 Å². The standard InChI is InChI=1S/C11H20N2O3/c1-8(2)5-6-12-11(16)13-7-3-4-9(13)10(14)15/h8-9H,3-7H2,1-2H3,(H,12,16)(H,14,15)/t9-/m0/s1. The normalized spacial score (nSPS) is 20.2. The molecule has 5 nitrogen and oxygen atoms in total. The molecule has 0 aliphatic carbocycles. The molecule has 0 saturated carbocycles. The van der Waals surface area contributed by atoms with Crippen molar-refractivity contribution in [2.45, 2.75) is 39.2 Å². The maximum Gasteiger partial charge on any atom is 0.326 e. The van der Waals surface area contributed by atoms with Gasteiger partial charge in [0.15, 0.2) is 0 Å². The first-order valence-electron chi connectivity index (χ1n) is 5.79. The van der Waals surface area contributed by atoms with Crippen LogP contribution in [0.4, 0.5) is 4.79 Å². The molecule has 92 valence electrons. The largest absolute Gasteiger partial charge is 0.480 e. The number of urea groups is 1. The van der Waals surface area contributed by atoms with Gasteiger partial charge in [-0.2, -0.15) is 0 Å². The fourth-order valence-corrected chi connectivity index (χ4v) is 1.84. The van der Waals surface area contributed by atoms with Gasteiger partial charge >= 0.3 is 12.0 Å². The SMILES string of the molecule is CC(C)CCNC(=O)N1CCC[C@H]1C(=O)O. The van der Waals surface area contributed by atoms with Gasteiger partial charge in [0.25, 0.3) is 0 Å². The molecule has 0 spiro atoms. The minimum Gasteiger partial charge on any atom is -0.480 e. The minimum atomic E-state index is -0.906. The van der Waals surface area contributed by atoms with Gasteiger partial charge < -0.3 is 15.3 Å². The number of carboxylic acid groups (broad SMARTS) is 1. The van der Waals surface area contributed by atoms with E-state index in [0.29, 0.717) is 25.4 Å². The third kappa shape index (κ3) is 3.40. The summed E-state index contributed by atoms with van der Waals surface area (Å²) in [4.78, 5) is 24.0. The molecular weight excluding hydrogens is 208 g/mol. The number of nitrogens with zero attached hydrogens (tertiary/aromatic N) is 1. The first-order valence-corrected chi connectivity index (χ1v) is 5.79. The zero-order valence-electron chi connectivity index (χ0n) is 9.90. The molecule has 5 heteroatoms. The Labute approximate surface area is 95.8 Å². The fraction of sp³-hybridized carbons (Fsp3) is 0.818. The van der Waals surface area contributed by atoms with Crippen LogP contribution in [0.5, 0.6) is 0 Å². The Morgan fingerprint density at radius 2 is 2.19 bits per heavy atom. The third-order valence-electron chi connectivity index (χ3n) is 2.80. The van der Waals surface area contributed by atoms with Crippen molar-refractivity contribution in [3.8, 4) is 0 Å². The van der Waals surface area contributed by atoms with E-state index >= 15 is 0 Å². The van der Waals surface area contributed by atoms with Crippen molar-refractivity contribution >= 4 is 12.0 Å². The zero-order chi connectivity index (χ0) is 12.1. The zero-order valence-corrected chi connectivity index (χ0v) is 9.90. The van der Waals surface area contributed by atoms with E-state index in [-0.39, 0.29) is 6.03 Å². The van der Waals surface area contributed by atoms with Crippen molar-refractivity contribution < 1.29 is 14.7 Å². The summed E-state index contributed by atoms with van der Waals surface area (Å²) in [5.74, 6) is -0.370. The molecule has 0 bridgehead atoms. The van der Waals surface area contributed by atoms with Gasteiger partial charge in [0.2, 0.25) is 0 Å². The Bertz CT molecular complexity index is 266. The van der Waals surface area contributed by atoms with Crippen LogP contribution < -0.4 is 5.32 Å². The number of hydrogen-bond acceptors (Lipinski definition) is 2. The molecule has 0 aromatic carbocycles. The van der Waals surface area contributed by atoms with Crippen molar-refractivity contribution in [3.63, 3.8) is 0 Å².